The molecule has 0 saturated carbocycles. The molecule has 1 aliphatic rings. The van der Waals surface area contributed by atoms with E-state index in [0.717, 1.165) is 11.1 Å². The van der Waals surface area contributed by atoms with Gasteiger partial charge in [0.2, 0.25) is 5.91 Å². The van der Waals surface area contributed by atoms with Crippen molar-refractivity contribution < 1.29 is 14.0 Å². The van der Waals surface area contributed by atoms with Gasteiger partial charge in [-0.05, 0) is 13.0 Å². The zero-order chi connectivity index (χ0) is 16.6. The molecule has 7 heteroatoms. The Morgan fingerprint density at radius 1 is 1.39 bits per heavy atom. The predicted octanol–water partition coefficient (Wildman–Crippen LogP) is 1.96. The molecule has 2 heterocycles. The van der Waals surface area contributed by atoms with Crippen molar-refractivity contribution in [1.29, 1.82) is 0 Å². The second-order valence-corrected chi connectivity index (χ2v) is 6.47. The highest BCUT2D eigenvalue weighted by molar-refractivity contribution is 7.99. The number of aryl methyl sites for hydroxylation is 2. The molecular formula is C16H17N3O3S. The lowest BCUT2D eigenvalue weighted by Crippen LogP contribution is -2.45. The Kier molecular flexibility index (Phi) is 4.12. The molecule has 0 unspecified atom stereocenters. The summed E-state index contributed by atoms with van der Waals surface area (Å²) in [7, 11) is 0. The number of aromatic nitrogens is 1. The quantitative estimate of drug-likeness (QED) is 0.928. The summed E-state index contributed by atoms with van der Waals surface area (Å²) >= 11 is 1.50. The van der Waals surface area contributed by atoms with Gasteiger partial charge in [-0.1, -0.05) is 23.8 Å². The predicted molar refractivity (Wildman–Crippen MR) is 87.9 cm³/mol. The summed E-state index contributed by atoms with van der Waals surface area (Å²) in [6.07, 6.45) is 0. The minimum Gasteiger partial charge on any atom is -0.440 e. The molecule has 1 atom stereocenters. The van der Waals surface area contributed by atoms with Gasteiger partial charge in [0, 0.05) is 18.2 Å². The van der Waals surface area contributed by atoms with Crippen molar-refractivity contribution >= 4 is 23.6 Å². The smallest absolute Gasteiger partial charge is 0.277 e. The number of amides is 2. The van der Waals surface area contributed by atoms with Gasteiger partial charge in [0.15, 0.2) is 17.3 Å². The van der Waals surface area contributed by atoms with E-state index >= 15 is 0 Å². The molecule has 2 aromatic rings. The van der Waals surface area contributed by atoms with Gasteiger partial charge in [0.1, 0.15) is 6.04 Å². The van der Waals surface area contributed by atoms with Gasteiger partial charge in [-0.2, -0.15) is 0 Å². The van der Waals surface area contributed by atoms with Crippen LogP contribution in [-0.2, 0) is 4.79 Å². The molecule has 2 N–H and O–H groups in total. The average Bonchev–Trinajstić information content (AvgIpc) is 3.13. The van der Waals surface area contributed by atoms with Crippen LogP contribution in [0.5, 0.6) is 0 Å². The lowest BCUT2D eigenvalue weighted by Gasteiger charge is -2.20. The molecule has 1 aromatic heterocycles. The zero-order valence-corrected chi connectivity index (χ0v) is 13.7. The van der Waals surface area contributed by atoms with Gasteiger partial charge in [0.25, 0.3) is 5.91 Å². The number of nitrogens with zero attached hydrogens (tertiary/aromatic N) is 2. The van der Waals surface area contributed by atoms with Crippen LogP contribution in [0.15, 0.2) is 28.7 Å². The van der Waals surface area contributed by atoms with E-state index < -0.39 is 11.9 Å². The average molecular weight is 331 g/mol. The first-order valence-electron chi connectivity index (χ1n) is 7.20. The van der Waals surface area contributed by atoms with Crippen molar-refractivity contribution in [2.45, 2.75) is 19.9 Å². The normalized spacial score (nSPS) is 17.5. The molecule has 1 saturated heterocycles. The molecule has 1 aliphatic heterocycles. The van der Waals surface area contributed by atoms with Gasteiger partial charge in [0.05, 0.1) is 5.88 Å². The van der Waals surface area contributed by atoms with Crippen LogP contribution in [0.3, 0.4) is 0 Å². The molecule has 3 rings (SSSR count). The van der Waals surface area contributed by atoms with Gasteiger partial charge in [-0.25, -0.2) is 4.98 Å². The monoisotopic (exact) mass is 331 g/mol. The molecule has 23 heavy (non-hydrogen) atoms. The zero-order valence-electron chi connectivity index (χ0n) is 12.9. The number of hydrogen-bond donors (Lipinski definition) is 1. The molecule has 0 aliphatic carbocycles. The number of benzene rings is 1. The maximum absolute atomic E-state index is 12.8. The van der Waals surface area contributed by atoms with Gasteiger partial charge in [-0.15, -0.1) is 11.8 Å². The summed E-state index contributed by atoms with van der Waals surface area (Å²) < 4.78 is 5.65. The van der Waals surface area contributed by atoms with E-state index in [2.05, 4.69) is 4.98 Å². The third-order valence-corrected chi connectivity index (χ3v) is 4.70. The third-order valence-electron chi connectivity index (χ3n) is 3.69. The summed E-state index contributed by atoms with van der Waals surface area (Å²) in [6.45, 7) is 3.66. The van der Waals surface area contributed by atoms with Crippen LogP contribution in [0, 0.1) is 13.8 Å². The number of thioether (sulfide) groups is 1. The summed E-state index contributed by atoms with van der Waals surface area (Å²) in [5.41, 5.74) is 7.46. The molecule has 6 nitrogen and oxygen atoms in total. The van der Waals surface area contributed by atoms with Crippen LogP contribution in [0.2, 0.25) is 0 Å². The first-order valence-corrected chi connectivity index (χ1v) is 8.35. The molecule has 0 bridgehead atoms. The summed E-state index contributed by atoms with van der Waals surface area (Å²) in [5, 5.41) is 0. The topological polar surface area (TPSA) is 89.4 Å². The van der Waals surface area contributed by atoms with E-state index in [1.807, 2.05) is 31.2 Å². The Morgan fingerprint density at radius 2 is 2.17 bits per heavy atom. The van der Waals surface area contributed by atoms with Crippen molar-refractivity contribution in [3.63, 3.8) is 0 Å². The molecule has 1 aromatic carbocycles. The molecule has 0 radical (unpaired) electrons. The third kappa shape index (κ3) is 2.96. The maximum Gasteiger partial charge on any atom is 0.277 e. The molecule has 2 amide bonds. The van der Waals surface area contributed by atoms with E-state index in [4.69, 9.17) is 10.2 Å². The number of rotatable bonds is 3. The van der Waals surface area contributed by atoms with E-state index in [0.29, 0.717) is 23.3 Å². The Balaban J connectivity index is 2.00. The summed E-state index contributed by atoms with van der Waals surface area (Å²) in [4.78, 5) is 30.1. The summed E-state index contributed by atoms with van der Waals surface area (Å²) in [6, 6.07) is 7.06. The first-order chi connectivity index (χ1) is 11.0. The van der Waals surface area contributed by atoms with Crippen LogP contribution in [0.4, 0.5) is 0 Å². The van der Waals surface area contributed by atoms with Crippen molar-refractivity contribution in [3.8, 4) is 11.3 Å². The van der Waals surface area contributed by atoms with E-state index in [-0.39, 0.29) is 11.6 Å². The number of oxazole rings is 1. The number of carbonyl (C=O) groups is 2. The Labute approximate surface area is 138 Å². The van der Waals surface area contributed by atoms with Crippen molar-refractivity contribution in [3.05, 3.63) is 41.4 Å². The fourth-order valence-electron chi connectivity index (χ4n) is 2.57. The fourth-order valence-corrected chi connectivity index (χ4v) is 3.74. The first kappa shape index (κ1) is 15.6. The SMILES string of the molecule is Cc1cccc(-c2oc(C)nc2C(=O)N2CSC[C@H]2C(N)=O)c1. The van der Waals surface area contributed by atoms with Gasteiger partial charge >= 0.3 is 0 Å². The molecule has 0 spiro atoms. The van der Waals surface area contributed by atoms with Crippen LogP contribution in [-0.4, -0.2) is 39.4 Å². The minimum absolute atomic E-state index is 0.224. The maximum atomic E-state index is 12.8. The van der Waals surface area contributed by atoms with Crippen molar-refractivity contribution in [1.82, 2.24) is 9.88 Å². The lowest BCUT2D eigenvalue weighted by atomic mass is 10.1. The fraction of sp³-hybridized carbons (Fsp3) is 0.312. The van der Waals surface area contributed by atoms with E-state index in [1.165, 1.54) is 16.7 Å². The molecular weight excluding hydrogens is 314 g/mol. The molecule has 120 valence electrons. The van der Waals surface area contributed by atoms with Crippen molar-refractivity contribution in [2.75, 3.05) is 11.6 Å². The number of carbonyl (C=O) groups excluding carboxylic acids is 2. The summed E-state index contributed by atoms with van der Waals surface area (Å²) in [5.74, 6) is 0.944. The largest absolute Gasteiger partial charge is 0.440 e. The number of hydrogen-bond acceptors (Lipinski definition) is 5. The van der Waals surface area contributed by atoms with Crippen molar-refractivity contribution in [2.24, 2.45) is 5.73 Å². The van der Waals surface area contributed by atoms with E-state index in [9.17, 15) is 9.59 Å². The van der Waals surface area contributed by atoms with Gasteiger partial charge in [-0.3, -0.25) is 9.59 Å². The van der Waals surface area contributed by atoms with E-state index in [1.54, 1.807) is 6.92 Å². The van der Waals surface area contributed by atoms with Gasteiger partial charge < -0.3 is 15.1 Å². The Morgan fingerprint density at radius 3 is 2.87 bits per heavy atom. The highest BCUT2D eigenvalue weighted by atomic mass is 32.2. The molecule has 1 fully saturated rings. The standard InChI is InChI=1S/C16H17N3O3S/c1-9-4-3-5-11(6-9)14-13(18-10(2)22-14)16(21)19-8-23-7-12(19)15(17)20/h3-6,12H,7-8H2,1-2H3,(H2,17,20)/t12-/m0/s1. The van der Waals surface area contributed by atoms with Crippen LogP contribution >= 0.6 is 11.8 Å². The Hall–Kier alpha value is -2.28. The highest BCUT2D eigenvalue weighted by Gasteiger charge is 2.36. The second kappa shape index (κ2) is 6.08. The van der Waals surface area contributed by atoms with Crippen LogP contribution < -0.4 is 5.73 Å². The number of primary amides is 1. The number of nitrogens with two attached hydrogens (primary N) is 1. The lowest BCUT2D eigenvalue weighted by molar-refractivity contribution is -0.121. The van der Waals surface area contributed by atoms with Crippen LogP contribution in [0.25, 0.3) is 11.3 Å². The minimum atomic E-state index is -0.602. The van der Waals surface area contributed by atoms with Crippen LogP contribution in [0.1, 0.15) is 21.9 Å². The second-order valence-electron chi connectivity index (χ2n) is 5.47. The highest BCUT2D eigenvalue weighted by Crippen LogP contribution is 2.29. The Bertz CT molecular complexity index is 772.